The van der Waals surface area contributed by atoms with Crippen LogP contribution in [0.5, 0.6) is 0 Å². The third-order valence-electron chi connectivity index (χ3n) is 1.64. The summed E-state index contributed by atoms with van der Waals surface area (Å²) in [5.74, 6) is -0.296. The standard InChI is InChI=1S/C9H9ClO2/c1-6-2-3-7(10)4-8(6)9(12)5-11/h2-4,11H,5H2,1H3. The Kier molecular flexibility index (Phi) is 2.84. The molecule has 1 rings (SSSR count). The second-order valence-electron chi connectivity index (χ2n) is 2.54. The number of benzene rings is 1. The highest BCUT2D eigenvalue weighted by atomic mass is 35.5. The van der Waals surface area contributed by atoms with E-state index in [1.54, 1.807) is 25.1 Å². The van der Waals surface area contributed by atoms with Gasteiger partial charge in [-0.25, -0.2) is 0 Å². The zero-order chi connectivity index (χ0) is 9.14. The van der Waals surface area contributed by atoms with Crippen molar-refractivity contribution in [3.8, 4) is 0 Å². The van der Waals surface area contributed by atoms with E-state index >= 15 is 0 Å². The first-order valence-electron chi connectivity index (χ1n) is 3.55. The van der Waals surface area contributed by atoms with Gasteiger partial charge in [0.15, 0.2) is 5.78 Å². The van der Waals surface area contributed by atoms with E-state index in [2.05, 4.69) is 0 Å². The van der Waals surface area contributed by atoms with Gasteiger partial charge in [-0.05, 0) is 24.6 Å². The number of aliphatic hydroxyl groups excluding tert-OH is 1. The summed E-state index contributed by atoms with van der Waals surface area (Å²) < 4.78 is 0. The van der Waals surface area contributed by atoms with Gasteiger partial charge < -0.3 is 5.11 Å². The maximum atomic E-state index is 11.1. The first-order chi connectivity index (χ1) is 5.65. The van der Waals surface area contributed by atoms with Crippen molar-refractivity contribution in [2.45, 2.75) is 6.92 Å². The van der Waals surface area contributed by atoms with Gasteiger partial charge in [-0.15, -0.1) is 0 Å². The van der Waals surface area contributed by atoms with Crippen molar-refractivity contribution in [2.75, 3.05) is 6.61 Å². The lowest BCUT2D eigenvalue weighted by Crippen LogP contribution is -2.06. The van der Waals surface area contributed by atoms with Crippen molar-refractivity contribution >= 4 is 17.4 Å². The van der Waals surface area contributed by atoms with Gasteiger partial charge in [-0.2, -0.15) is 0 Å². The van der Waals surface area contributed by atoms with Crippen LogP contribution in [0.1, 0.15) is 15.9 Å². The lowest BCUT2D eigenvalue weighted by molar-refractivity contribution is 0.0903. The molecule has 1 N–H and O–H groups in total. The smallest absolute Gasteiger partial charge is 0.188 e. The number of aryl methyl sites for hydroxylation is 1. The molecule has 1 aromatic rings. The Balaban J connectivity index is 3.13. The van der Waals surface area contributed by atoms with Gasteiger partial charge in [0, 0.05) is 10.6 Å². The number of halogens is 1. The predicted octanol–water partition coefficient (Wildman–Crippen LogP) is 1.82. The maximum absolute atomic E-state index is 11.1. The van der Waals surface area contributed by atoms with Crippen LogP contribution in [0.25, 0.3) is 0 Å². The Bertz CT molecular complexity index is 307. The summed E-state index contributed by atoms with van der Waals surface area (Å²) in [6, 6.07) is 5.03. The molecule has 1 aromatic carbocycles. The average molecular weight is 185 g/mol. The van der Waals surface area contributed by atoms with Crippen LogP contribution >= 0.6 is 11.6 Å². The quantitative estimate of drug-likeness (QED) is 0.712. The Morgan fingerprint density at radius 1 is 1.58 bits per heavy atom. The van der Waals surface area contributed by atoms with Crippen LogP contribution in [0.15, 0.2) is 18.2 Å². The summed E-state index contributed by atoms with van der Waals surface area (Å²) in [7, 11) is 0. The summed E-state index contributed by atoms with van der Waals surface area (Å²) in [5.41, 5.74) is 1.32. The molecule has 2 nitrogen and oxygen atoms in total. The van der Waals surface area contributed by atoms with Gasteiger partial charge in [-0.3, -0.25) is 4.79 Å². The summed E-state index contributed by atoms with van der Waals surface area (Å²) in [5, 5.41) is 9.12. The molecule has 0 heterocycles. The van der Waals surface area contributed by atoms with Gasteiger partial charge in [0.05, 0.1) is 0 Å². The fourth-order valence-electron chi connectivity index (χ4n) is 0.980. The van der Waals surface area contributed by atoms with Crippen molar-refractivity contribution in [2.24, 2.45) is 0 Å². The lowest BCUT2D eigenvalue weighted by Gasteiger charge is -2.02. The first kappa shape index (κ1) is 9.23. The largest absolute Gasteiger partial charge is 0.388 e. The molecule has 0 saturated heterocycles. The van der Waals surface area contributed by atoms with Gasteiger partial charge in [0.1, 0.15) is 6.61 Å². The molecule has 0 unspecified atom stereocenters. The van der Waals surface area contributed by atoms with Crippen LogP contribution in [0.2, 0.25) is 5.02 Å². The number of rotatable bonds is 2. The van der Waals surface area contributed by atoms with E-state index in [9.17, 15) is 4.79 Å². The number of hydrogen-bond acceptors (Lipinski definition) is 2. The number of carbonyl (C=O) groups is 1. The second kappa shape index (κ2) is 3.70. The summed E-state index contributed by atoms with van der Waals surface area (Å²) in [4.78, 5) is 11.1. The SMILES string of the molecule is Cc1ccc(Cl)cc1C(=O)CO. The van der Waals surface area contributed by atoms with Crippen LogP contribution in [-0.2, 0) is 0 Å². The number of ketones is 1. The molecular formula is C9H9ClO2. The molecule has 0 saturated carbocycles. The lowest BCUT2D eigenvalue weighted by atomic mass is 10.1. The van der Waals surface area contributed by atoms with Crippen LogP contribution in [0.4, 0.5) is 0 Å². The van der Waals surface area contributed by atoms with E-state index in [-0.39, 0.29) is 5.78 Å². The number of aliphatic hydroxyl groups is 1. The minimum Gasteiger partial charge on any atom is -0.388 e. The van der Waals surface area contributed by atoms with Crippen molar-refractivity contribution in [1.82, 2.24) is 0 Å². The van der Waals surface area contributed by atoms with Gasteiger partial charge in [0.25, 0.3) is 0 Å². The molecule has 0 aliphatic carbocycles. The van der Waals surface area contributed by atoms with E-state index < -0.39 is 6.61 Å². The minimum absolute atomic E-state index is 0.296. The Morgan fingerprint density at radius 3 is 2.83 bits per heavy atom. The predicted molar refractivity (Wildman–Crippen MR) is 47.6 cm³/mol. The molecule has 12 heavy (non-hydrogen) atoms. The van der Waals surface area contributed by atoms with Gasteiger partial charge >= 0.3 is 0 Å². The zero-order valence-corrected chi connectivity index (χ0v) is 7.43. The molecule has 0 atom stereocenters. The van der Waals surface area contributed by atoms with E-state index in [0.717, 1.165) is 5.56 Å². The normalized spacial score (nSPS) is 9.92. The molecule has 0 radical (unpaired) electrons. The summed E-state index contributed by atoms with van der Waals surface area (Å²) in [6.07, 6.45) is 0. The Hall–Kier alpha value is -0.860. The average Bonchev–Trinajstić information content (AvgIpc) is 2.08. The molecule has 0 aliphatic rings. The van der Waals surface area contributed by atoms with Crippen molar-refractivity contribution in [1.29, 1.82) is 0 Å². The Labute approximate surface area is 75.8 Å². The molecule has 0 spiro atoms. The van der Waals surface area contributed by atoms with Crippen LogP contribution in [0, 0.1) is 6.92 Å². The number of Topliss-reactive ketones (excluding diaryl/α,β-unsaturated/α-hetero) is 1. The molecule has 0 bridgehead atoms. The highest BCUT2D eigenvalue weighted by Crippen LogP contribution is 2.15. The van der Waals surface area contributed by atoms with Crippen LogP contribution in [-0.4, -0.2) is 17.5 Å². The fourth-order valence-corrected chi connectivity index (χ4v) is 1.15. The van der Waals surface area contributed by atoms with E-state index in [0.29, 0.717) is 10.6 Å². The third kappa shape index (κ3) is 1.84. The monoisotopic (exact) mass is 184 g/mol. The van der Waals surface area contributed by atoms with E-state index in [1.807, 2.05) is 0 Å². The molecule has 0 aliphatic heterocycles. The highest BCUT2D eigenvalue weighted by molar-refractivity contribution is 6.31. The fraction of sp³-hybridized carbons (Fsp3) is 0.222. The third-order valence-corrected chi connectivity index (χ3v) is 1.88. The van der Waals surface area contributed by atoms with Gasteiger partial charge in [-0.1, -0.05) is 17.7 Å². The molecule has 3 heteroatoms. The van der Waals surface area contributed by atoms with Crippen molar-refractivity contribution in [3.05, 3.63) is 34.3 Å². The van der Waals surface area contributed by atoms with E-state index in [1.165, 1.54) is 0 Å². The summed E-state index contributed by atoms with van der Waals surface area (Å²) in [6.45, 7) is 1.33. The molecule has 0 amide bonds. The first-order valence-corrected chi connectivity index (χ1v) is 3.93. The number of carbonyl (C=O) groups excluding carboxylic acids is 1. The molecule has 0 aromatic heterocycles. The van der Waals surface area contributed by atoms with Gasteiger partial charge in [0.2, 0.25) is 0 Å². The summed E-state index contributed by atoms with van der Waals surface area (Å²) >= 11 is 5.68. The topological polar surface area (TPSA) is 37.3 Å². The molecule has 64 valence electrons. The maximum Gasteiger partial charge on any atom is 0.188 e. The Morgan fingerprint density at radius 2 is 2.25 bits per heavy atom. The van der Waals surface area contributed by atoms with Crippen molar-refractivity contribution < 1.29 is 9.90 Å². The minimum atomic E-state index is -0.471. The van der Waals surface area contributed by atoms with Crippen molar-refractivity contribution in [3.63, 3.8) is 0 Å². The van der Waals surface area contributed by atoms with Crippen LogP contribution < -0.4 is 0 Å². The number of hydrogen-bond donors (Lipinski definition) is 1. The molecular weight excluding hydrogens is 176 g/mol. The zero-order valence-electron chi connectivity index (χ0n) is 6.67. The molecule has 0 fully saturated rings. The highest BCUT2D eigenvalue weighted by Gasteiger charge is 2.07. The van der Waals surface area contributed by atoms with E-state index in [4.69, 9.17) is 16.7 Å². The second-order valence-corrected chi connectivity index (χ2v) is 2.98. The van der Waals surface area contributed by atoms with Crippen LogP contribution in [0.3, 0.4) is 0 Å².